The van der Waals surface area contributed by atoms with Crippen LogP contribution in [0.4, 0.5) is 5.69 Å². The Hall–Kier alpha value is -2.11. The van der Waals surface area contributed by atoms with E-state index in [0.29, 0.717) is 12.4 Å². The third-order valence-electron chi connectivity index (χ3n) is 2.84. The Labute approximate surface area is 117 Å². The van der Waals surface area contributed by atoms with E-state index < -0.39 is 6.10 Å². The molecule has 0 aliphatic rings. The van der Waals surface area contributed by atoms with Crippen molar-refractivity contribution in [2.75, 3.05) is 25.6 Å². The van der Waals surface area contributed by atoms with Crippen molar-refractivity contribution in [1.82, 2.24) is 4.98 Å². The molecule has 106 valence electrons. The Bertz CT molecular complexity index is 560. The number of nitrogens with one attached hydrogen (secondary N) is 1. The van der Waals surface area contributed by atoms with Crippen LogP contribution in [0.5, 0.6) is 5.88 Å². The van der Waals surface area contributed by atoms with Crippen molar-refractivity contribution in [1.29, 1.82) is 0 Å². The van der Waals surface area contributed by atoms with Gasteiger partial charge in [-0.1, -0.05) is 18.2 Å². The second-order valence-electron chi connectivity index (χ2n) is 4.36. The van der Waals surface area contributed by atoms with Gasteiger partial charge in [0.15, 0.2) is 0 Å². The van der Waals surface area contributed by atoms with Crippen molar-refractivity contribution in [3.8, 4) is 17.1 Å². The van der Waals surface area contributed by atoms with Crippen LogP contribution in [0.1, 0.15) is 0 Å². The van der Waals surface area contributed by atoms with E-state index in [2.05, 4.69) is 10.3 Å². The van der Waals surface area contributed by atoms with Crippen molar-refractivity contribution in [2.24, 2.45) is 0 Å². The van der Waals surface area contributed by atoms with Crippen molar-refractivity contribution in [2.45, 2.75) is 6.10 Å². The first-order chi connectivity index (χ1) is 9.72. The molecule has 0 saturated heterocycles. The molecule has 0 spiro atoms. The summed E-state index contributed by atoms with van der Waals surface area (Å²) in [7, 11) is 1.58. The number of methoxy groups -OCH3 is 1. The van der Waals surface area contributed by atoms with Gasteiger partial charge in [0.25, 0.3) is 0 Å². The summed E-state index contributed by atoms with van der Waals surface area (Å²) in [6, 6.07) is 13.3. The fourth-order valence-corrected chi connectivity index (χ4v) is 1.78. The highest BCUT2D eigenvalue weighted by molar-refractivity contribution is 5.65. The number of anilines is 1. The quantitative estimate of drug-likeness (QED) is 0.744. The first-order valence-electron chi connectivity index (χ1n) is 6.37. The third-order valence-corrected chi connectivity index (χ3v) is 2.84. The van der Waals surface area contributed by atoms with E-state index in [9.17, 15) is 5.11 Å². The van der Waals surface area contributed by atoms with E-state index in [4.69, 9.17) is 9.84 Å². The van der Waals surface area contributed by atoms with E-state index in [0.717, 1.165) is 16.9 Å². The monoisotopic (exact) mass is 274 g/mol. The van der Waals surface area contributed by atoms with Gasteiger partial charge in [-0.15, -0.1) is 0 Å². The van der Waals surface area contributed by atoms with E-state index in [1.807, 2.05) is 36.4 Å². The summed E-state index contributed by atoms with van der Waals surface area (Å²) in [4.78, 5) is 4.37. The SMILES string of the molecule is COc1cccc(-c2cccc(NCC(O)CO)c2)n1. The smallest absolute Gasteiger partial charge is 0.213 e. The van der Waals surface area contributed by atoms with Gasteiger partial charge in [0.1, 0.15) is 0 Å². The predicted octanol–water partition coefficient (Wildman–Crippen LogP) is 1.52. The number of pyridine rings is 1. The number of hydrogen-bond donors (Lipinski definition) is 3. The molecular weight excluding hydrogens is 256 g/mol. The molecule has 1 heterocycles. The number of nitrogens with zero attached hydrogens (tertiary/aromatic N) is 1. The van der Waals surface area contributed by atoms with Gasteiger partial charge in [-0.2, -0.15) is 0 Å². The van der Waals surface area contributed by atoms with Gasteiger partial charge in [0.2, 0.25) is 5.88 Å². The summed E-state index contributed by atoms with van der Waals surface area (Å²) in [5.41, 5.74) is 2.63. The highest BCUT2D eigenvalue weighted by atomic mass is 16.5. The molecular formula is C15H18N2O3. The lowest BCUT2D eigenvalue weighted by atomic mass is 10.1. The molecule has 2 rings (SSSR count). The molecule has 0 bridgehead atoms. The van der Waals surface area contributed by atoms with Gasteiger partial charge in [-0.05, 0) is 18.2 Å². The Balaban J connectivity index is 2.16. The van der Waals surface area contributed by atoms with Gasteiger partial charge >= 0.3 is 0 Å². The summed E-state index contributed by atoms with van der Waals surface area (Å²) in [6.45, 7) is 0.0373. The fraction of sp³-hybridized carbons (Fsp3) is 0.267. The van der Waals surface area contributed by atoms with Crippen LogP contribution in [0.3, 0.4) is 0 Å². The minimum Gasteiger partial charge on any atom is -0.481 e. The Morgan fingerprint density at radius 3 is 2.80 bits per heavy atom. The molecule has 0 radical (unpaired) electrons. The highest BCUT2D eigenvalue weighted by Crippen LogP contribution is 2.22. The number of aliphatic hydroxyl groups is 2. The van der Waals surface area contributed by atoms with E-state index in [1.54, 1.807) is 13.2 Å². The molecule has 1 aromatic heterocycles. The zero-order chi connectivity index (χ0) is 14.4. The molecule has 20 heavy (non-hydrogen) atoms. The molecule has 0 aliphatic heterocycles. The number of rotatable bonds is 6. The number of aromatic nitrogens is 1. The molecule has 1 unspecified atom stereocenters. The largest absolute Gasteiger partial charge is 0.481 e. The van der Waals surface area contributed by atoms with Gasteiger partial charge in [-0.25, -0.2) is 4.98 Å². The Morgan fingerprint density at radius 1 is 1.25 bits per heavy atom. The van der Waals surface area contributed by atoms with Crippen LogP contribution in [-0.2, 0) is 0 Å². The number of benzene rings is 1. The topological polar surface area (TPSA) is 74.6 Å². The van der Waals surface area contributed by atoms with Crippen LogP contribution in [0.25, 0.3) is 11.3 Å². The lowest BCUT2D eigenvalue weighted by Gasteiger charge is -2.11. The van der Waals surface area contributed by atoms with Gasteiger partial charge < -0.3 is 20.3 Å². The van der Waals surface area contributed by atoms with Gasteiger partial charge in [-0.3, -0.25) is 0 Å². The predicted molar refractivity (Wildman–Crippen MR) is 77.8 cm³/mol. The number of ether oxygens (including phenoxy) is 1. The summed E-state index contributed by atoms with van der Waals surface area (Å²) < 4.78 is 5.11. The van der Waals surface area contributed by atoms with Crippen LogP contribution in [0.2, 0.25) is 0 Å². The minimum atomic E-state index is -0.770. The highest BCUT2D eigenvalue weighted by Gasteiger charge is 2.04. The molecule has 0 amide bonds. The molecule has 5 heteroatoms. The summed E-state index contributed by atoms with van der Waals surface area (Å²) >= 11 is 0. The average molecular weight is 274 g/mol. The third kappa shape index (κ3) is 3.69. The first kappa shape index (κ1) is 14.3. The standard InChI is InChI=1S/C15H18N2O3/c1-20-15-7-3-6-14(17-15)11-4-2-5-12(8-11)16-9-13(19)10-18/h2-8,13,16,18-19H,9-10H2,1H3. The van der Waals surface area contributed by atoms with Crippen LogP contribution < -0.4 is 10.1 Å². The first-order valence-corrected chi connectivity index (χ1v) is 6.37. The maximum Gasteiger partial charge on any atom is 0.213 e. The van der Waals surface area contributed by atoms with Crippen LogP contribution in [0, 0.1) is 0 Å². The molecule has 1 atom stereocenters. The molecule has 2 aromatic rings. The van der Waals surface area contributed by atoms with Gasteiger partial charge in [0.05, 0.1) is 25.5 Å². The van der Waals surface area contributed by atoms with Crippen molar-refractivity contribution in [3.63, 3.8) is 0 Å². The zero-order valence-electron chi connectivity index (χ0n) is 11.3. The van der Waals surface area contributed by atoms with E-state index >= 15 is 0 Å². The Morgan fingerprint density at radius 2 is 2.05 bits per heavy atom. The van der Waals surface area contributed by atoms with Crippen molar-refractivity contribution < 1.29 is 14.9 Å². The van der Waals surface area contributed by atoms with Crippen molar-refractivity contribution in [3.05, 3.63) is 42.5 Å². The van der Waals surface area contributed by atoms with Crippen molar-refractivity contribution >= 4 is 5.69 Å². The Kier molecular flexibility index (Phi) is 4.92. The second kappa shape index (κ2) is 6.88. The molecule has 0 fully saturated rings. The normalized spacial score (nSPS) is 11.9. The fourth-order valence-electron chi connectivity index (χ4n) is 1.78. The summed E-state index contributed by atoms with van der Waals surface area (Å²) in [5.74, 6) is 0.566. The molecule has 3 N–H and O–H groups in total. The molecule has 0 saturated carbocycles. The number of aliphatic hydroxyl groups excluding tert-OH is 2. The maximum atomic E-state index is 9.33. The molecule has 5 nitrogen and oxygen atoms in total. The molecule has 0 aliphatic carbocycles. The zero-order valence-corrected chi connectivity index (χ0v) is 11.3. The minimum absolute atomic E-state index is 0.260. The van der Waals surface area contributed by atoms with Gasteiger partial charge in [0, 0.05) is 23.9 Å². The van der Waals surface area contributed by atoms with Crippen LogP contribution >= 0.6 is 0 Å². The lowest BCUT2D eigenvalue weighted by molar-refractivity contribution is 0.105. The van der Waals surface area contributed by atoms with E-state index in [1.165, 1.54) is 0 Å². The summed E-state index contributed by atoms with van der Waals surface area (Å²) in [5, 5.41) is 21.2. The van der Waals surface area contributed by atoms with Crippen LogP contribution in [-0.4, -0.2) is 41.6 Å². The van der Waals surface area contributed by atoms with Crippen LogP contribution in [0.15, 0.2) is 42.5 Å². The lowest BCUT2D eigenvalue weighted by Crippen LogP contribution is -2.22. The number of hydrogen-bond acceptors (Lipinski definition) is 5. The molecule has 1 aromatic carbocycles. The summed E-state index contributed by atoms with van der Waals surface area (Å²) in [6.07, 6.45) is -0.770. The second-order valence-corrected chi connectivity index (χ2v) is 4.36. The average Bonchev–Trinajstić information content (AvgIpc) is 2.53. The van der Waals surface area contributed by atoms with E-state index in [-0.39, 0.29) is 6.61 Å². The maximum absolute atomic E-state index is 9.33.